The standard InChI is InChI=1S/C9H7FN2/c10-7-2-1-3-8-6(7)4-5-9(11)12-8/h1-5H,(H2,11,12). The van der Waals surface area contributed by atoms with E-state index in [0.717, 1.165) is 0 Å². The summed E-state index contributed by atoms with van der Waals surface area (Å²) in [6.07, 6.45) is 0. The van der Waals surface area contributed by atoms with Crippen LogP contribution >= 0.6 is 0 Å². The first-order valence-corrected chi connectivity index (χ1v) is 3.58. The molecule has 60 valence electrons. The number of anilines is 1. The maximum Gasteiger partial charge on any atom is 0.132 e. The second kappa shape index (κ2) is 2.44. The first-order valence-electron chi connectivity index (χ1n) is 3.58. The molecule has 3 heteroatoms. The molecule has 1 aromatic heterocycles. The fourth-order valence-electron chi connectivity index (χ4n) is 1.13. The summed E-state index contributed by atoms with van der Waals surface area (Å²) in [6.45, 7) is 0. The van der Waals surface area contributed by atoms with Crippen LogP contribution in [0.3, 0.4) is 0 Å². The number of aromatic nitrogens is 1. The van der Waals surface area contributed by atoms with Gasteiger partial charge in [-0.05, 0) is 24.3 Å². The van der Waals surface area contributed by atoms with Gasteiger partial charge in [0.1, 0.15) is 11.6 Å². The second-order valence-electron chi connectivity index (χ2n) is 2.54. The van der Waals surface area contributed by atoms with Gasteiger partial charge in [0.05, 0.1) is 5.52 Å². The van der Waals surface area contributed by atoms with E-state index in [1.807, 2.05) is 0 Å². The van der Waals surface area contributed by atoms with Crippen molar-refractivity contribution in [1.82, 2.24) is 4.98 Å². The van der Waals surface area contributed by atoms with E-state index < -0.39 is 0 Å². The smallest absolute Gasteiger partial charge is 0.132 e. The van der Waals surface area contributed by atoms with Crippen LogP contribution in [0.5, 0.6) is 0 Å². The monoisotopic (exact) mass is 162 g/mol. The fourth-order valence-corrected chi connectivity index (χ4v) is 1.13. The van der Waals surface area contributed by atoms with Gasteiger partial charge in [-0.1, -0.05) is 6.07 Å². The Morgan fingerprint density at radius 3 is 2.83 bits per heavy atom. The normalized spacial score (nSPS) is 10.4. The topological polar surface area (TPSA) is 38.9 Å². The fraction of sp³-hybridized carbons (Fsp3) is 0. The lowest BCUT2D eigenvalue weighted by Gasteiger charge is -1.98. The van der Waals surface area contributed by atoms with E-state index >= 15 is 0 Å². The van der Waals surface area contributed by atoms with Crippen molar-refractivity contribution in [2.45, 2.75) is 0 Å². The number of rotatable bonds is 0. The zero-order valence-electron chi connectivity index (χ0n) is 6.29. The Morgan fingerprint density at radius 2 is 2.00 bits per heavy atom. The molecule has 0 aliphatic heterocycles. The van der Waals surface area contributed by atoms with Crippen LogP contribution in [0.1, 0.15) is 0 Å². The van der Waals surface area contributed by atoms with Gasteiger partial charge < -0.3 is 5.73 Å². The van der Waals surface area contributed by atoms with Gasteiger partial charge in [0.15, 0.2) is 0 Å². The van der Waals surface area contributed by atoms with E-state index in [9.17, 15) is 4.39 Å². The Morgan fingerprint density at radius 1 is 1.17 bits per heavy atom. The summed E-state index contributed by atoms with van der Waals surface area (Å²) in [5.74, 6) is 0.146. The van der Waals surface area contributed by atoms with Crippen LogP contribution in [0, 0.1) is 5.82 Å². The van der Waals surface area contributed by atoms with Crippen LogP contribution in [0.15, 0.2) is 30.3 Å². The summed E-state index contributed by atoms with van der Waals surface area (Å²) in [7, 11) is 0. The quantitative estimate of drug-likeness (QED) is 0.643. The minimum absolute atomic E-state index is 0.264. The first-order chi connectivity index (χ1) is 5.77. The van der Waals surface area contributed by atoms with Gasteiger partial charge >= 0.3 is 0 Å². The maximum absolute atomic E-state index is 13.0. The molecule has 1 aromatic carbocycles. The summed E-state index contributed by atoms with van der Waals surface area (Å²) in [4.78, 5) is 3.97. The Labute approximate surface area is 68.8 Å². The average molecular weight is 162 g/mol. The highest BCUT2D eigenvalue weighted by Crippen LogP contribution is 2.16. The molecule has 0 amide bonds. The lowest BCUT2D eigenvalue weighted by molar-refractivity contribution is 0.639. The highest BCUT2D eigenvalue weighted by molar-refractivity contribution is 5.80. The van der Waals surface area contributed by atoms with Gasteiger partial charge in [0.2, 0.25) is 0 Å². The lowest BCUT2D eigenvalue weighted by Crippen LogP contribution is -1.90. The second-order valence-corrected chi connectivity index (χ2v) is 2.54. The van der Waals surface area contributed by atoms with Gasteiger partial charge in [-0.15, -0.1) is 0 Å². The van der Waals surface area contributed by atoms with E-state index in [0.29, 0.717) is 16.7 Å². The molecule has 2 nitrogen and oxygen atoms in total. The van der Waals surface area contributed by atoms with Crippen molar-refractivity contribution in [1.29, 1.82) is 0 Å². The molecule has 0 saturated carbocycles. The molecule has 0 aliphatic rings. The van der Waals surface area contributed by atoms with Crippen LogP contribution in [0.25, 0.3) is 10.9 Å². The minimum atomic E-state index is -0.264. The highest BCUT2D eigenvalue weighted by atomic mass is 19.1. The van der Waals surface area contributed by atoms with Crippen LogP contribution in [-0.4, -0.2) is 4.98 Å². The number of pyridine rings is 1. The molecule has 1 heterocycles. The third-order valence-electron chi connectivity index (χ3n) is 1.70. The van der Waals surface area contributed by atoms with E-state index in [4.69, 9.17) is 5.73 Å². The molecule has 0 radical (unpaired) electrons. The molecule has 0 bridgehead atoms. The van der Waals surface area contributed by atoms with Gasteiger partial charge in [-0.3, -0.25) is 0 Å². The summed E-state index contributed by atoms with van der Waals surface area (Å²) >= 11 is 0. The highest BCUT2D eigenvalue weighted by Gasteiger charge is 1.99. The number of nitrogens with zero attached hydrogens (tertiary/aromatic N) is 1. The van der Waals surface area contributed by atoms with Crippen LogP contribution in [0.2, 0.25) is 0 Å². The van der Waals surface area contributed by atoms with Crippen LogP contribution in [0.4, 0.5) is 10.2 Å². The van der Waals surface area contributed by atoms with Crippen molar-refractivity contribution in [3.8, 4) is 0 Å². The summed E-state index contributed by atoms with van der Waals surface area (Å²) in [5.41, 5.74) is 6.03. The molecule has 0 saturated heterocycles. The molecular weight excluding hydrogens is 155 g/mol. The van der Waals surface area contributed by atoms with Crippen molar-refractivity contribution in [3.63, 3.8) is 0 Å². The molecule has 0 atom stereocenters. The van der Waals surface area contributed by atoms with Crippen molar-refractivity contribution in [2.75, 3.05) is 5.73 Å². The van der Waals surface area contributed by atoms with Crippen molar-refractivity contribution in [2.24, 2.45) is 0 Å². The molecule has 0 aliphatic carbocycles. The average Bonchev–Trinajstić information content (AvgIpc) is 2.04. The number of halogens is 1. The van der Waals surface area contributed by atoms with Crippen LogP contribution < -0.4 is 5.73 Å². The number of hydrogen-bond acceptors (Lipinski definition) is 2. The molecule has 0 unspecified atom stereocenters. The Bertz CT molecular complexity index is 426. The number of benzene rings is 1. The summed E-state index contributed by atoms with van der Waals surface area (Å²) in [6, 6.07) is 7.97. The van der Waals surface area contributed by atoms with Crippen LogP contribution in [-0.2, 0) is 0 Å². The zero-order chi connectivity index (χ0) is 8.55. The predicted octanol–water partition coefficient (Wildman–Crippen LogP) is 1.96. The number of fused-ring (bicyclic) bond motifs is 1. The lowest BCUT2D eigenvalue weighted by atomic mass is 10.2. The Hall–Kier alpha value is -1.64. The van der Waals surface area contributed by atoms with E-state index in [2.05, 4.69) is 4.98 Å². The van der Waals surface area contributed by atoms with Gasteiger partial charge in [0.25, 0.3) is 0 Å². The molecular formula is C9H7FN2. The molecule has 0 fully saturated rings. The summed E-state index contributed by atoms with van der Waals surface area (Å²) in [5, 5.41) is 0.506. The van der Waals surface area contributed by atoms with E-state index in [1.54, 1.807) is 24.3 Å². The molecule has 12 heavy (non-hydrogen) atoms. The van der Waals surface area contributed by atoms with Crippen molar-refractivity contribution >= 4 is 16.7 Å². The van der Waals surface area contributed by atoms with Gasteiger partial charge in [-0.2, -0.15) is 0 Å². The van der Waals surface area contributed by atoms with Crippen molar-refractivity contribution in [3.05, 3.63) is 36.1 Å². The van der Waals surface area contributed by atoms with Crippen molar-refractivity contribution < 1.29 is 4.39 Å². The number of nitrogen functional groups attached to an aromatic ring is 1. The third kappa shape index (κ3) is 0.993. The molecule has 0 spiro atoms. The molecule has 2 aromatic rings. The first kappa shape index (κ1) is 7.03. The van der Waals surface area contributed by atoms with Gasteiger partial charge in [-0.25, -0.2) is 9.37 Å². The van der Waals surface area contributed by atoms with E-state index in [-0.39, 0.29) is 5.82 Å². The Balaban J connectivity index is 2.86. The maximum atomic E-state index is 13.0. The largest absolute Gasteiger partial charge is 0.384 e. The Kier molecular flexibility index (Phi) is 1.43. The number of hydrogen-bond donors (Lipinski definition) is 1. The molecule has 2 rings (SSSR count). The molecule has 2 N–H and O–H groups in total. The predicted molar refractivity (Wildman–Crippen MR) is 46.1 cm³/mol. The zero-order valence-corrected chi connectivity index (χ0v) is 6.29. The van der Waals surface area contributed by atoms with Gasteiger partial charge in [0, 0.05) is 5.39 Å². The minimum Gasteiger partial charge on any atom is -0.384 e. The SMILES string of the molecule is Nc1ccc2c(F)cccc2n1. The third-order valence-corrected chi connectivity index (χ3v) is 1.70. The number of nitrogens with two attached hydrogens (primary N) is 1. The van der Waals surface area contributed by atoms with E-state index in [1.165, 1.54) is 6.07 Å². The summed E-state index contributed by atoms with van der Waals surface area (Å²) < 4.78 is 13.0.